The number of hydrogen-bond donors (Lipinski definition) is 0. The maximum atomic E-state index is 13.4. The second kappa shape index (κ2) is 5.19. The highest BCUT2D eigenvalue weighted by atomic mass is 79.9. The average molecular weight is 310 g/mol. The minimum absolute atomic E-state index is 0.00703. The number of ketones is 1. The van der Waals surface area contributed by atoms with Gasteiger partial charge >= 0.3 is 0 Å². The molecule has 1 aromatic rings. The first-order valence-corrected chi connectivity index (χ1v) is 6.76. The molecule has 1 saturated carbocycles. The predicted molar refractivity (Wildman–Crippen MR) is 69.3 cm³/mol. The van der Waals surface area contributed by atoms with Crippen LogP contribution in [0.2, 0.25) is 0 Å². The van der Waals surface area contributed by atoms with E-state index in [0.29, 0.717) is 29.3 Å². The van der Waals surface area contributed by atoms with E-state index in [1.54, 1.807) is 12.1 Å². The van der Waals surface area contributed by atoms with Gasteiger partial charge < -0.3 is 0 Å². The van der Waals surface area contributed by atoms with Crippen LogP contribution in [0.15, 0.2) is 22.7 Å². The van der Waals surface area contributed by atoms with Gasteiger partial charge in [0.2, 0.25) is 0 Å². The van der Waals surface area contributed by atoms with E-state index in [0.717, 1.165) is 12.8 Å². The van der Waals surface area contributed by atoms with Crippen LogP contribution in [-0.2, 0) is 11.2 Å². The molecule has 1 aliphatic carbocycles. The van der Waals surface area contributed by atoms with Crippen LogP contribution in [0.3, 0.4) is 0 Å². The van der Waals surface area contributed by atoms with E-state index < -0.39 is 5.41 Å². The lowest BCUT2D eigenvalue weighted by molar-refractivity contribution is -0.128. The summed E-state index contributed by atoms with van der Waals surface area (Å²) in [7, 11) is 0. The normalized spacial score (nSPS) is 23.7. The number of carbonyl (C=O) groups is 1. The van der Waals surface area contributed by atoms with Crippen molar-refractivity contribution in [2.75, 3.05) is 0 Å². The number of halogens is 2. The summed E-state index contributed by atoms with van der Waals surface area (Å²) in [5.41, 5.74) is -0.277. The molecule has 0 aromatic heterocycles. The quantitative estimate of drug-likeness (QED) is 0.834. The molecule has 0 spiro atoms. The lowest BCUT2D eigenvalue weighted by Crippen LogP contribution is -2.35. The Bertz CT molecular complexity index is 523. The smallest absolute Gasteiger partial charge is 0.153 e. The number of benzene rings is 1. The van der Waals surface area contributed by atoms with Crippen molar-refractivity contribution in [3.63, 3.8) is 0 Å². The molecule has 1 aromatic carbocycles. The van der Waals surface area contributed by atoms with E-state index in [1.165, 1.54) is 6.07 Å². The standard InChI is InChI=1S/C14H13BrFNO/c15-13-10(4-3-5-11(13)16)8-14(9-17)7-2-1-6-12(14)18/h3-5H,1-2,6-8H2. The molecule has 1 unspecified atom stereocenters. The van der Waals surface area contributed by atoms with Crippen molar-refractivity contribution in [2.45, 2.75) is 32.1 Å². The van der Waals surface area contributed by atoms with E-state index in [9.17, 15) is 14.4 Å². The molecule has 2 nitrogen and oxygen atoms in total. The molecule has 1 aliphatic rings. The highest BCUT2D eigenvalue weighted by molar-refractivity contribution is 9.10. The first-order chi connectivity index (χ1) is 8.59. The fourth-order valence-corrected chi connectivity index (χ4v) is 2.85. The molecule has 0 bridgehead atoms. The molecule has 0 aliphatic heterocycles. The molecule has 18 heavy (non-hydrogen) atoms. The summed E-state index contributed by atoms with van der Waals surface area (Å²) in [6.45, 7) is 0. The summed E-state index contributed by atoms with van der Waals surface area (Å²) in [6, 6.07) is 6.89. The minimum atomic E-state index is -0.964. The van der Waals surface area contributed by atoms with Crippen LogP contribution in [0.4, 0.5) is 4.39 Å². The van der Waals surface area contributed by atoms with Gasteiger partial charge in [0, 0.05) is 6.42 Å². The van der Waals surface area contributed by atoms with Crippen LogP contribution >= 0.6 is 15.9 Å². The highest BCUT2D eigenvalue weighted by Gasteiger charge is 2.40. The van der Waals surface area contributed by atoms with Crippen LogP contribution in [0.1, 0.15) is 31.2 Å². The van der Waals surface area contributed by atoms with Gasteiger partial charge in [0.05, 0.1) is 10.5 Å². The Labute approximate surface area is 114 Å². The summed E-state index contributed by atoms with van der Waals surface area (Å²) in [5.74, 6) is -0.365. The van der Waals surface area contributed by atoms with Crippen LogP contribution in [-0.4, -0.2) is 5.78 Å². The van der Waals surface area contributed by atoms with Gasteiger partial charge in [-0.1, -0.05) is 18.6 Å². The third-order valence-electron chi connectivity index (χ3n) is 3.53. The molecular weight excluding hydrogens is 297 g/mol. The lowest BCUT2D eigenvalue weighted by Gasteiger charge is -2.29. The molecule has 0 heterocycles. The maximum Gasteiger partial charge on any atom is 0.153 e. The number of hydrogen-bond acceptors (Lipinski definition) is 2. The molecule has 0 amide bonds. The molecular formula is C14H13BrFNO. The van der Waals surface area contributed by atoms with E-state index in [4.69, 9.17) is 0 Å². The summed E-state index contributed by atoms with van der Waals surface area (Å²) in [4.78, 5) is 12.0. The van der Waals surface area contributed by atoms with E-state index in [2.05, 4.69) is 22.0 Å². The van der Waals surface area contributed by atoms with Gasteiger partial charge in [0.1, 0.15) is 11.2 Å². The van der Waals surface area contributed by atoms with Crippen molar-refractivity contribution in [3.05, 3.63) is 34.1 Å². The van der Waals surface area contributed by atoms with Crippen molar-refractivity contribution < 1.29 is 9.18 Å². The Morgan fingerprint density at radius 1 is 1.44 bits per heavy atom. The second-order valence-electron chi connectivity index (χ2n) is 4.71. The van der Waals surface area contributed by atoms with E-state index in [-0.39, 0.29) is 11.6 Å². The van der Waals surface area contributed by atoms with Crippen LogP contribution < -0.4 is 0 Å². The number of nitrogens with zero attached hydrogens (tertiary/aromatic N) is 1. The van der Waals surface area contributed by atoms with Crippen LogP contribution in [0, 0.1) is 22.6 Å². The first-order valence-electron chi connectivity index (χ1n) is 5.96. The van der Waals surface area contributed by atoms with Crippen molar-refractivity contribution >= 4 is 21.7 Å². The SMILES string of the molecule is N#CC1(Cc2cccc(F)c2Br)CCCCC1=O. The minimum Gasteiger partial charge on any atom is -0.298 e. The Morgan fingerprint density at radius 2 is 2.22 bits per heavy atom. The molecule has 0 radical (unpaired) electrons. The third kappa shape index (κ3) is 2.32. The number of Topliss-reactive ketones (excluding diaryl/α,β-unsaturated/α-hetero) is 1. The largest absolute Gasteiger partial charge is 0.298 e. The van der Waals surface area contributed by atoms with Crippen molar-refractivity contribution in [1.29, 1.82) is 5.26 Å². The van der Waals surface area contributed by atoms with Crippen molar-refractivity contribution in [3.8, 4) is 6.07 Å². The number of rotatable bonds is 2. The van der Waals surface area contributed by atoms with E-state index in [1.807, 2.05) is 0 Å². The maximum absolute atomic E-state index is 13.4. The molecule has 0 N–H and O–H groups in total. The summed E-state index contributed by atoms with van der Waals surface area (Å²) in [5, 5.41) is 9.35. The zero-order valence-electron chi connectivity index (χ0n) is 9.88. The summed E-state index contributed by atoms with van der Waals surface area (Å²) < 4.78 is 13.8. The van der Waals surface area contributed by atoms with Gasteiger partial charge in [0.15, 0.2) is 5.78 Å². The number of carbonyl (C=O) groups excluding carboxylic acids is 1. The van der Waals surface area contributed by atoms with Crippen LogP contribution in [0.25, 0.3) is 0 Å². The second-order valence-corrected chi connectivity index (χ2v) is 5.51. The number of nitriles is 1. The van der Waals surface area contributed by atoms with Gasteiger partial charge in [-0.3, -0.25) is 4.79 Å². The fraction of sp³-hybridized carbons (Fsp3) is 0.429. The highest BCUT2D eigenvalue weighted by Crippen LogP contribution is 2.37. The lowest BCUT2D eigenvalue weighted by atomic mass is 9.70. The van der Waals surface area contributed by atoms with Crippen molar-refractivity contribution in [2.24, 2.45) is 5.41 Å². The monoisotopic (exact) mass is 309 g/mol. The zero-order chi connectivity index (χ0) is 13.2. The molecule has 4 heteroatoms. The van der Waals surface area contributed by atoms with Crippen LogP contribution in [0.5, 0.6) is 0 Å². The molecule has 2 rings (SSSR count). The van der Waals surface area contributed by atoms with Gasteiger partial charge in [-0.25, -0.2) is 4.39 Å². The Morgan fingerprint density at radius 3 is 2.89 bits per heavy atom. The molecule has 1 atom stereocenters. The summed E-state index contributed by atoms with van der Waals surface area (Å²) in [6.07, 6.45) is 3.06. The fourth-order valence-electron chi connectivity index (χ4n) is 2.45. The van der Waals surface area contributed by atoms with E-state index >= 15 is 0 Å². The molecule has 1 fully saturated rings. The Balaban J connectivity index is 2.34. The first kappa shape index (κ1) is 13.2. The topological polar surface area (TPSA) is 40.9 Å². The van der Waals surface area contributed by atoms with Gasteiger partial charge in [-0.2, -0.15) is 5.26 Å². The van der Waals surface area contributed by atoms with Gasteiger partial charge in [-0.15, -0.1) is 0 Å². The van der Waals surface area contributed by atoms with Gasteiger partial charge in [0.25, 0.3) is 0 Å². The summed E-state index contributed by atoms with van der Waals surface area (Å²) >= 11 is 3.18. The zero-order valence-corrected chi connectivity index (χ0v) is 11.5. The molecule has 0 saturated heterocycles. The average Bonchev–Trinajstić information content (AvgIpc) is 2.38. The van der Waals surface area contributed by atoms with Crippen molar-refractivity contribution in [1.82, 2.24) is 0 Å². The Kier molecular flexibility index (Phi) is 3.82. The Hall–Kier alpha value is -1.21. The third-order valence-corrected chi connectivity index (χ3v) is 4.42. The predicted octanol–water partition coefficient (Wildman–Crippen LogP) is 3.78. The van der Waals surface area contributed by atoms with Gasteiger partial charge in [-0.05, 0) is 46.8 Å². The molecule has 94 valence electrons.